The Labute approximate surface area is 309 Å². The number of nitrogens with zero attached hydrogens (tertiary/aromatic N) is 1. The number of aromatic hydroxyl groups is 3. The summed E-state index contributed by atoms with van der Waals surface area (Å²) >= 11 is 0. The zero-order valence-corrected chi connectivity index (χ0v) is 35.7. The van der Waals surface area contributed by atoms with Crippen LogP contribution in [0.25, 0.3) is 0 Å². The molecular formula is C43H67NO6S. The van der Waals surface area contributed by atoms with Crippen molar-refractivity contribution in [1.29, 1.82) is 0 Å². The van der Waals surface area contributed by atoms with Crippen LogP contribution >= 0.6 is 0 Å². The van der Waals surface area contributed by atoms with Gasteiger partial charge in [0.1, 0.15) is 17.2 Å². The second kappa shape index (κ2) is 14.0. The van der Waals surface area contributed by atoms with Crippen LogP contribution in [-0.2, 0) is 42.6 Å². The molecule has 8 heteroatoms. The van der Waals surface area contributed by atoms with Crippen LogP contribution in [0.5, 0.6) is 17.2 Å². The fraction of sp³-hybridized carbons (Fsp3) is 0.581. The summed E-state index contributed by atoms with van der Waals surface area (Å²) in [6, 6.07) is 12.4. The third kappa shape index (κ3) is 10.9. The molecule has 3 aromatic carbocycles. The predicted octanol–water partition coefficient (Wildman–Crippen LogP) is 11.6. The first kappa shape index (κ1) is 43.9. The molecule has 3 aromatic rings. The third-order valence-corrected chi connectivity index (χ3v) is 9.01. The maximum Gasteiger partial charge on any atom is 0.261 e. The van der Waals surface area contributed by atoms with Crippen LogP contribution in [0.3, 0.4) is 0 Å². The zero-order chi connectivity index (χ0) is 40.2. The van der Waals surface area contributed by atoms with Crippen LogP contribution in [0.2, 0.25) is 0 Å². The second-order valence-electron chi connectivity index (χ2n) is 20.2. The molecule has 3 rings (SSSR count). The fourth-order valence-electron chi connectivity index (χ4n) is 5.77. The Morgan fingerprint density at radius 3 is 0.725 bits per heavy atom. The molecule has 0 aliphatic heterocycles. The maximum atomic E-state index is 12.3. The molecule has 0 aliphatic rings. The van der Waals surface area contributed by atoms with Crippen molar-refractivity contribution < 1.29 is 28.3 Å². The van der Waals surface area contributed by atoms with Gasteiger partial charge in [-0.15, -0.1) is 0 Å². The number of rotatable bonds is 3. The number of phenols is 3. The van der Waals surface area contributed by atoms with Gasteiger partial charge < -0.3 is 15.3 Å². The van der Waals surface area contributed by atoms with Gasteiger partial charge >= 0.3 is 0 Å². The van der Waals surface area contributed by atoms with Gasteiger partial charge in [-0.2, -0.15) is 8.42 Å². The van der Waals surface area contributed by atoms with Crippen molar-refractivity contribution in [3.05, 3.63) is 69.8 Å². The molecule has 4 N–H and O–H groups in total. The maximum absolute atomic E-state index is 12.3. The molecule has 51 heavy (non-hydrogen) atoms. The summed E-state index contributed by atoms with van der Waals surface area (Å²) in [4.78, 5) is 1.92. The molecule has 0 unspecified atom stereocenters. The molecule has 0 aromatic heterocycles. The van der Waals surface area contributed by atoms with Crippen molar-refractivity contribution in [2.24, 2.45) is 0 Å². The molecule has 0 amide bonds. The van der Waals surface area contributed by atoms with E-state index in [9.17, 15) is 23.7 Å². The van der Waals surface area contributed by atoms with E-state index in [0.29, 0.717) is 23.3 Å². The summed E-state index contributed by atoms with van der Waals surface area (Å²) in [5, 5.41) is 36.9. The normalized spacial score (nSPS) is 13.5. The molecule has 0 saturated carbocycles. The van der Waals surface area contributed by atoms with E-state index < -0.39 is 10.1 Å². The van der Waals surface area contributed by atoms with E-state index in [1.54, 1.807) is 0 Å². The van der Waals surface area contributed by atoms with E-state index in [2.05, 4.69) is 143 Å². The molecular weight excluding hydrogens is 659 g/mol. The lowest BCUT2D eigenvalue weighted by atomic mass is 9.78. The van der Waals surface area contributed by atoms with Crippen molar-refractivity contribution in [3.63, 3.8) is 0 Å². The van der Waals surface area contributed by atoms with Gasteiger partial charge in [-0.25, -0.2) is 0 Å². The highest BCUT2D eigenvalue weighted by Crippen LogP contribution is 2.55. The summed E-state index contributed by atoms with van der Waals surface area (Å²) in [5.74, 6) is 0.406. The van der Waals surface area contributed by atoms with Crippen molar-refractivity contribution in [2.45, 2.75) is 157 Å². The lowest BCUT2D eigenvalue weighted by Gasteiger charge is -2.36. The molecule has 0 atom stereocenters. The van der Waals surface area contributed by atoms with Crippen LogP contribution in [0, 0.1) is 0 Å². The SMILES string of the molecule is CC(C)(C)c1cc(N(c2cc(C(C)(C)C)cc(C(C)(C)C)c2O)c2cc(C(C)(C)C)cc(C(C)(C)C)c2O)c(O)c(C(C)(C)C)c1.CS(=O)(=O)O. The van der Waals surface area contributed by atoms with Crippen molar-refractivity contribution in [2.75, 3.05) is 11.2 Å². The number of anilines is 3. The highest BCUT2D eigenvalue weighted by molar-refractivity contribution is 7.85. The minimum atomic E-state index is -3.67. The standard InChI is InChI=1S/C42H63NO3.CH4O3S/c1-37(2,3)25-19-28(40(10,11)12)34(44)31(22-25)43(32-23-26(38(4,5)6)20-29(35(32)45)41(13,14)15)33-24-27(39(7,8)9)21-30(36(33)46)42(16,17)18;1-5(2,3)4/h19-24,44-46H,1-18H3;1H3,(H,2,3,4). The lowest BCUT2D eigenvalue weighted by Crippen LogP contribution is -2.23. The van der Waals surface area contributed by atoms with E-state index in [4.69, 9.17) is 4.55 Å². The largest absolute Gasteiger partial charge is 0.505 e. The van der Waals surface area contributed by atoms with E-state index in [-0.39, 0.29) is 49.7 Å². The Hall–Kier alpha value is -3.23. The summed E-state index contributed by atoms with van der Waals surface area (Å²) < 4.78 is 25.9. The second-order valence-corrected chi connectivity index (χ2v) is 21.7. The minimum Gasteiger partial charge on any atom is -0.505 e. The van der Waals surface area contributed by atoms with Crippen LogP contribution in [0.15, 0.2) is 36.4 Å². The molecule has 0 aliphatic carbocycles. The highest BCUT2D eigenvalue weighted by atomic mass is 32.2. The van der Waals surface area contributed by atoms with Gasteiger partial charge in [0.2, 0.25) is 0 Å². The third-order valence-electron chi connectivity index (χ3n) is 9.01. The zero-order valence-electron chi connectivity index (χ0n) is 34.9. The Morgan fingerprint density at radius 1 is 0.412 bits per heavy atom. The highest BCUT2D eigenvalue weighted by Gasteiger charge is 2.35. The van der Waals surface area contributed by atoms with Crippen LogP contribution < -0.4 is 4.90 Å². The molecule has 0 saturated heterocycles. The lowest BCUT2D eigenvalue weighted by molar-refractivity contribution is 0.439. The first-order valence-electron chi connectivity index (χ1n) is 17.7. The minimum absolute atomic E-state index is 0.135. The summed E-state index contributed by atoms with van der Waals surface area (Å²) in [7, 11) is -3.67. The Morgan fingerprint density at radius 2 is 0.588 bits per heavy atom. The van der Waals surface area contributed by atoms with Crippen molar-refractivity contribution in [3.8, 4) is 17.2 Å². The van der Waals surface area contributed by atoms with Gasteiger partial charge in [-0.3, -0.25) is 9.45 Å². The predicted molar refractivity (Wildman–Crippen MR) is 216 cm³/mol. The monoisotopic (exact) mass is 725 g/mol. The number of hydrogen-bond donors (Lipinski definition) is 4. The first-order valence-corrected chi connectivity index (χ1v) is 19.6. The van der Waals surface area contributed by atoms with Crippen molar-refractivity contribution >= 4 is 27.2 Å². The molecule has 0 spiro atoms. The van der Waals surface area contributed by atoms with E-state index in [1.807, 2.05) is 23.1 Å². The topological polar surface area (TPSA) is 118 Å². The molecule has 0 fully saturated rings. The average molecular weight is 726 g/mol. The number of benzene rings is 3. The van der Waals surface area contributed by atoms with Gasteiger partial charge in [0.15, 0.2) is 0 Å². The summed E-state index contributed by atoms with van der Waals surface area (Å²) in [6.45, 7) is 38.5. The summed E-state index contributed by atoms with van der Waals surface area (Å²) in [6.07, 6.45) is 0.715. The Kier molecular flexibility index (Phi) is 12.0. The van der Waals surface area contributed by atoms with Crippen LogP contribution in [0.4, 0.5) is 17.1 Å². The molecule has 0 bridgehead atoms. The van der Waals surface area contributed by atoms with Gasteiger partial charge in [0.05, 0.1) is 23.3 Å². The van der Waals surface area contributed by atoms with Gasteiger partial charge in [-0.1, -0.05) is 143 Å². The van der Waals surface area contributed by atoms with Crippen LogP contribution in [-0.4, -0.2) is 34.5 Å². The first-order chi connectivity index (χ1) is 22.4. The Bertz CT molecular complexity index is 1650. The van der Waals surface area contributed by atoms with E-state index >= 15 is 0 Å². The number of hydrogen-bond acceptors (Lipinski definition) is 6. The van der Waals surface area contributed by atoms with Crippen LogP contribution in [0.1, 0.15) is 158 Å². The molecule has 0 radical (unpaired) electrons. The van der Waals surface area contributed by atoms with Gasteiger partial charge in [0.25, 0.3) is 10.1 Å². The van der Waals surface area contributed by atoms with Crippen molar-refractivity contribution in [1.82, 2.24) is 0 Å². The smallest absolute Gasteiger partial charge is 0.261 e. The molecule has 286 valence electrons. The number of phenolic OH excluding ortho intramolecular Hbond substituents is 3. The summed E-state index contributed by atoms with van der Waals surface area (Å²) in [5.41, 5.74) is 5.38. The molecule has 7 nitrogen and oxygen atoms in total. The van der Waals surface area contributed by atoms with Gasteiger partial charge in [0, 0.05) is 16.7 Å². The fourth-order valence-corrected chi connectivity index (χ4v) is 5.77. The van der Waals surface area contributed by atoms with Gasteiger partial charge in [-0.05, 0) is 67.4 Å². The quantitative estimate of drug-likeness (QED) is 0.198. The Balaban J connectivity index is 0.00000168. The van der Waals surface area contributed by atoms with E-state index in [0.717, 1.165) is 33.4 Å². The molecule has 0 heterocycles. The average Bonchev–Trinajstić information content (AvgIpc) is 2.86. The van der Waals surface area contributed by atoms with E-state index in [1.165, 1.54) is 0 Å².